The fraction of sp³-hybridized carbons (Fsp3) is 0.833. The van der Waals surface area contributed by atoms with E-state index in [4.69, 9.17) is 9.05 Å². The van der Waals surface area contributed by atoms with E-state index in [1.807, 2.05) is 6.26 Å². The van der Waals surface area contributed by atoms with Crippen molar-refractivity contribution in [2.75, 3.05) is 19.5 Å². The van der Waals surface area contributed by atoms with Crippen molar-refractivity contribution in [3.8, 4) is 0 Å². The SMILES string of the molecule is CCOP(=O)([CH-]SC)OCC.[Li+]. The molecule has 0 spiro atoms. The molecule has 0 amide bonds. The molecule has 0 rings (SSSR count). The molecule has 3 nitrogen and oxygen atoms in total. The van der Waals surface area contributed by atoms with Crippen LogP contribution in [0.1, 0.15) is 13.8 Å². The summed E-state index contributed by atoms with van der Waals surface area (Å²) in [5.74, 6) is 0. The summed E-state index contributed by atoms with van der Waals surface area (Å²) >= 11 is 1.35. The van der Waals surface area contributed by atoms with Crippen molar-refractivity contribution in [2.45, 2.75) is 13.8 Å². The Morgan fingerprint density at radius 3 is 2.00 bits per heavy atom. The van der Waals surface area contributed by atoms with Gasteiger partial charge in [0.05, 0.1) is 13.2 Å². The zero-order chi connectivity index (χ0) is 8.74. The van der Waals surface area contributed by atoms with Gasteiger partial charge in [-0.1, -0.05) is 0 Å². The number of hydrogen-bond donors (Lipinski definition) is 0. The molecular weight excluding hydrogens is 190 g/mol. The molecule has 12 heavy (non-hydrogen) atoms. The Morgan fingerprint density at radius 2 is 1.75 bits per heavy atom. The molecule has 0 radical (unpaired) electrons. The Balaban J connectivity index is 0. The average Bonchev–Trinajstić information content (AvgIpc) is 1.88. The average molecular weight is 204 g/mol. The van der Waals surface area contributed by atoms with E-state index in [0.717, 1.165) is 0 Å². The molecule has 0 unspecified atom stereocenters. The van der Waals surface area contributed by atoms with Gasteiger partial charge >= 0.3 is 18.9 Å². The normalized spacial score (nSPS) is 10.9. The van der Waals surface area contributed by atoms with Gasteiger partial charge in [0, 0.05) is 0 Å². The molecule has 0 aromatic carbocycles. The van der Waals surface area contributed by atoms with E-state index < -0.39 is 7.60 Å². The van der Waals surface area contributed by atoms with E-state index in [-0.39, 0.29) is 18.9 Å². The first kappa shape index (κ1) is 15.6. The van der Waals surface area contributed by atoms with Gasteiger partial charge in [0.1, 0.15) is 0 Å². The first-order valence-electron chi connectivity index (χ1n) is 3.44. The molecule has 0 heterocycles. The van der Waals surface area contributed by atoms with Gasteiger partial charge in [-0.05, 0) is 20.1 Å². The fourth-order valence-electron chi connectivity index (χ4n) is 0.587. The summed E-state index contributed by atoms with van der Waals surface area (Å²) in [5, 5.41) is 0. The Hall–Kier alpha value is 1.10. The molecule has 68 valence electrons. The summed E-state index contributed by atoms with van der Waals surface area (Å²) in [6, 6.07) is 0. The van der Waals surface area contributed by atoms with Crippen LogP contribution >= 0.6 is 19.4 Å². The minimum Gasteiger partial charge on any atom is -0.342 e. The smallest absolute Gasteiger partial charge is 0.342 e. The van der Waals surface area contributed by atoms with E-state index in [9.17, 15) is 4.57 Å². The summed E-state index contributed by atoms with van der Waals surface area (Å²) in [6.07, 6.45) is 1.82. The predicted octanol–water partition coefficient (Wildman–Crippen LogP) is -0.261. The summed E-state index contributed by atoms with van der Waals surface area (Å²) in [4.78, 5) is 0. The second-order valence-electron chi connectivity index (χ2n) is 1.72. The van der Waals surface area contributed by atoms with E-state index >= 15 is 0 Å². The molecule has 0 atom stereocenters. The van der Waals surface area contributed by atoms with Gasteiger partial charge in [-0.15, -0.1) is 0 Å². The molecule has 0 aliphatic carbocycles. The minimum atomic E-state index is -2.88. The largest absolute Gasteiger partial charge is 1.00 e. The summed E-state index contributed by atoms with van der Waals surface area (Å²) < 4.78 is 21.4. The summed E-state index contributed by atoms with van der Waals surface area (Å²) in [7, 11) is -2.88. The zero-order valence-electron chi connectivity index (χ0n) is 8.07. The maximum Gasteiger partial charge on any atom is 1.00 e. The first-order chi connectivity index (χ1) is 5.18. The molecule has 0 aliphatic heterocycles. The first-order valence-corrected chi connectivity index (χ1v) is 6.34. The van der Waals surface area contributed by atoms with Gasteiger partial charge < -0.3 is 20.8 Å². The van der Waals surface area contributed by atoms with Crippen LogP contribution in [0.3, 0.4) is 0 Å². The van der Waals surface area contributed by atoms with Gasteiger partial charge in [-0.3, -0.25) is 4.57 Å². The predicted molar refractivity (Wildman–Crippen MR) is 48.7 cm³/mol. The van der Waals surface area contributed by atoms with Crippen molar-refractivity contribution in [2.24, 2.45) is 0 Å². The van der Waals surface area contributed by atoms with Crippen LogP contribution in [0, 0.1) is 5.49 Å². The molecule has 0 aromatic heterocycles. The van der Waals surface area contributed by atoms with Crippen LogP contribution in [0.15, 0.2) is 0 Å². The van der Waals surface area contributed by atoms with E-state index in [0.29, 0.717) is 13.2 Å². The quantitative estimate of drug-likeness (QED) is 0.339. The van der Waals surface area contributed by atoms with Crippen LogP contribution in [-0.4, -0.2) is 19.5 Å². The number of thioether (sulfide) groups is 1. The van der Waals surface area contributed by atoms with Crippen molar-refractivity contribution in [1.29, 1.82) is 0 Å². The molecule has 0 aromatic rings. The fourth-order valence-corrected chi connectivity index (χ4v) is 2.90. The molecule has 0 saturated carbocycles. The molecule has 0 fully saturated rings. The molecule has 0 bridgehead atoms. The van der Waals surface area contributed by atoms with Gasteiger partial charge in [-0.2, -0.15) is 5.49 Å². The zero-order valence-corrected chi connectivity index (χ0v) is 9.78. The minimum absolute atomic E-state index is 0. The second kappa shape index (κ2) is 8.68. The Bertz CT molecular complexity index is 121. The van der Waals surface area contributed by atoms with Crippen molar-refractivity contribution < 1.29 is 32.5 Å². The number of hydrogen-bond acceptors (Lipinski definition) is 4. The molecule has 0 N–H and O–H groups in total. The summed E-state index contributed by atoms with van der Waals surface area (Å²) in [6.45, 7) is 4.41. The topological polar surface area (TPSA) is 35.5 Å². The van der Waals surface area contributed by atoms with Gasteiger partial charge in [-0.25, -0.2) is 0 Å². The number of rotatable bonds is 6. The van der Waals surface area contributed by atoms with Crippen molar-refractivity contribution in [3.05, 3.63) is 5.49 Å². The van der Waals surface area contributed by atoms with Crippen LogP contribution < -0.4 is 18.9 Å². The van der Waals surface area contributed by atoms with Crippen LogP contribution in [0.5, 0.6) is 0 Å². The molecule has 6 heteroatoms. The van der Waals surface area contributed by atoms with Crippen molar-refractivity contribution >= 4 is 19.4 Å². The Kier molecular flexibility index (Phi) is 11.3. The van der Waals surface area contributed by atoms with Crippen LogP contribution in [0.25, 0.3) is 0 Å². The second-order valence-corrected chi connectivity index (χ2v) is 4.63. The standard InChI is InChI=1S/C6H14O3PS.Li/c1-4-8-10(7,6-11-3)9-5-2;/h6H,4-5H2,1-3H3;/q-1;+1. The van der Waals surface area contributed by atoms with Crippen LogP contribution in [-0.2, 0) is 13.6 Å². The third-order valence-electron chi connectivity index (χ3n) is 0.853. The van der Waals surface area contributed by atoms with Crippen LogP contribution in [0.2, 0.25) is 0 Å². The molecule has 0 aliphatic rings. The van der Waals surface area contributed by atoms with Crippen molar-refractivity contribution in [1.82, 2.24) is 0 Å². The molecular formula is C6H14LiO3PS. The third kappa shape index (κ3) is 6.60. The Morgan fingerprint density at radius 1 is 1.33 bits per heavy atom. The van der Waals surface area contributed by atoms with E-state index in [2.05, 4.69) is 0 Å². The monoisotopic (exact) mass is 204 g/mol. The maximum absolute atomic E-state index is 11.5. The Labute approximate surface area is 90.7 Å². The van der Waals surface area contributed by atoms with E-state index in [1.54, 1.807) is 13.8 Å². The van der Waals surface area contributed by atoms with E-state index in [1.165, 1.54) is 17.3 Å². The third-order valence-corrected chi connectivity index (χ3v) is 3.96. The van der Waals surface area contributed by atoms with Gasteiger partial charge in [0.2, 0.25) is 0 Å². The van der Waals surface area contributed by atoms with Gasteiger partial charge in [0.25, 0.3) is 0 Å². The molecule has 0 saturated heterocycles. The summed E-state index contributed by atoms with van der Waals surface area (Å²) in [5.41, 5.74) is 1.51. The van der Waals surface area contributed by atoms with Crippen LogP contribution in [0.4, 0.5) is 0 Å². The maximum atomic E-state index is 11.5. The van der Waals surface area contributed by atoms with Crippen molar-refractivity contribution in [3.63, 3.8) is 0 Å². The van der Waals surface area contributed by atoms with Gasteiger partial charge in [0.15, 0.2) is 7.60 Å².